The van der Waals surface area contributed by atoms with E-state index < -0.39 is 29.1 Å². The van der Waals surface area contributed by atoms with Crippen molar-refractivity contribution in [2.75, 3.05) is 18.5 Å². The number of anilines is 1. The van der Waals surface area contributed by atoms with Crippen molar-refractivity contribution in [3.63, 3.8) is 0 Å². The van der Waals surface area contributed by atoms with Gasteiger partial charge in [-0.1, -0.05) is 30.3 Å². The second-order valence-electron chi connectivity index (χ2n) is 7.79. The molecule has 0 aliphatic carbocycles. The van der Waals surface area contributed by atoms with Crippen molar-refractivity contribution in [2.24, 2.45) is 5.10 Å². The van der Waals surface area contributed by atoms with Gasteiger partial charge in [-0.3, -0.25) is 9.59 Å². The van der Waals surface area contributed by atoms with Gasteiger partial charge in [-0.15, -0.1) is 0 Å². The molecule has 2 aromatic rings. The first-order valence-corrected chi connectivity index (χ1v) is 10.9. The van der Waals surface area contributed by atoms with E-state index in [0.717, 1.165) is 36.0 Å². The highest BCUT2D eigenvalue weighted by Gasteiger charge is 2.33. The van der Waals surface area contributed by atoms with E-state index in [2.05, 4.69) is 15.8 Å². The van der Waals surface area contributed by atoms with Crippen molar-refractivity contribution in [1.29, 1.82) is 0 Å². The van der Waals surface area contributed by atoms with Crippen LogP contribution in [0, 0.1) is 0 Å². The third-order valence-corrected chi connectivity index (χ3v) is 5.17. The van der Waals surface area contributed by atoms with Crippen LogP contribution in [0.1, 0.15) is 42.9 Å². The Balaban J connectivity index is 1.51. The Hall–Kier alpha value is -3.95. The molecule has 0 unspecified atom stereocenters. The molecule has 184 valence electrons. The maximum Gasteiger partial charge on any atom is 0.416 e. The van der Waals surface area contributed by atoms with Crippen LogP contribution in [0.25, 0.3) is 6.08 Å². The molecule has 35 heavy (non-hydrogen) atoms. The average molecular weight is 487 g/mol. The minimum Gasteiger partial charge on any atom is -0.462 e. The van der Waals surface area contributed by atoms with Gasteiger partial charge < -0.3 is 10.1 Å². The summed E-state index contributed by atoms with van der Waals surface area (Å²) in [5, 5.41) is 7.21. The van der Waals surface area contributed by atoms with E-state index in [1.54, 1.807) is 0 Å². The molecule has 0 bridgehead atoms. The van der Waals surface area contributed by atoms with Gasteiger partial charge in [0.25, 0.3) is 0 Å². The van der Waals surface area contributed by atoms with E-state index in [0.29, 0.717) is 25.8 Å². The predicted octanol–water partition coefficient (Wildman–Crippen LogP) is 4.34. The fraction of sp³-hybridized carbons (Fsp3) is 0.280. The normalized spacial score (nSPS) is 14.1. The third kappa shape index (κ3) is 7.26. The zero-order chi connectivity index (χ0) is 25.4. The highest BCUT2D eigenvalue weighted by Crippen LogP contribution is 2.33. The maximum atomic E-state index is 13.2. The van der Waals surface area contributed by atoms with Gasteiger partial charge >= 0.3 is 12.1 Å². The van der Waals surface area contributed by atoms with E-state index >= 15 is 0 Å². The van der Waals surface area contributed by atoms with Crippen LogP contribution in [0.5, 0.6) is 0 Å². The van der Waals surface area contributed by atoms with Gasteiger partial charge in [0, 0.05) is 25.1 Å². The molecular formula is C25H24F3N3O4. The predicted molar refractivity (Wildman–Crippen MR) is 125 cm³/mol. The SMILES string of the molecule is CC(=O)/C(=C\c1ccccc1C(F)(F)F)C(=O)OCCCNc1ccc(C2=NNC(=O)CC2)cc1. The van der Waals surface area contributed by atoms with E-state index in [9.17, 15) is 27.6 Å². The minimum absolute atomic E-state index is 0.0219. The second-order valence-corrected chi connectivity index (χ2v) is 7.79. The first kappa shape index (κ1) is 25.7. The standard InChI is InChI=1S/C25H24F3N3O4/c1-16(32)20(15-18-5-2-3-6-21(18)25(26,27)28)24(34)35-14-4-13-29-19-9-7-17(8-10-19)22-11-12-23(33)31-30-22/h2-3,5-10,15,29H,4,11-14H2,1H3,(H,31,33)/b20-15+. The van der Waals surface area contributed by atoms with Gasteiger partial charge in [0.05, 0.1) is 17.9 Å². The van der Waals surface area contributed by atoms with Gasteiger partial charge in [0.1, 0.15) is 5.57 Å². The number of nitrogens with zero attached hydrogens (tertiary/aromatic N) is 1. The largest absolute Gasteiger partial charge is 0.462 e. The number of Topliss-reactive ketones (excluding diaryl/α,β-unsaturated/α-hetero) is 1. The number of carbonyl (C=O) groups is 3. The van der Waals surface area contributed by atoms with Crippen molar-refractivity contribution >= 4 is 35.1 Å². The first-order valence-electron chi connectivity index (χ1n) is 10.9. The lowest BCUT2D eigenvalue weighted by Gasteiger charge is -2.13. The summed E-state index contributed by atoms with van der Waals surface area (Å²) in [5.41, 5.74) is 3.31. The Bertz CT molecular complexity index is 1160. The molecular weight excluding hydrogens is 463 g/mol. The molecule has 3 rings (SSSR count). The fourth-order valence-corrected chi connectivity index (χ4v) is 3.35. The van der Waals surface area contributed by atoms with Crippen LogP contribution < -0.4 is 10.7 Å². The van der Waals surface area contributed by atoms with E-state index in [4.69, 9.17) is 4.74 Å². The van der Waals surface area contributed by atoms with E-state index in [1.165, 1.54) is 18.2 Å². The third-order valence-electron chi connectivity index (χ3n) is 5.17. The summed E-state index contributed by atoms with van der Waals surface area (Å²) < 4.78 is 44.7. The van der Waals surface area contributed by atoms with Crippen molar-refractivity contribution in [1.82, 2.24) is 5.43 Å². The number of halogens is 3. The number of hydrazone groups is 1. The van der Waals surface area contributed by atoms with Crippen LogP contribution in [0.4, 0.5) is 18.9 Å². The van der Waals surface area contributed by atoms with Crippen molar-refractivity contribution in [2.45, 2.75) is 32.4 Å². The Kier molecular flexibility index (Phi) is 8.40. The molecule has 2 N–H and O–H groups in total. The molecule has 7 nitrogen and oxygen atoms in total. The maximum absolute atomic E-state index is 13.2. The van der Waals surface area contributed by atoms with Crippen LogP contribution in [0.3, 0.4) is 0 Å². The van der Waals surface area contributed by atoms with Gasteiger partial charge in [-0.2, -0.15) is 18.3 Å². The van der Waals surface area contributed by atoms with E-state index in [-0.39, 0.29) is 18.1 Å². The van der Waals surface area contributed by atoms with Gasteiger partial charge in [0.15, 0.2) is 5.78 Å². The summed E-state index contributed by atoms with van der Waals surface area (Å²) in [6.45, 7) is 1.53. The van der Waals surface area contributed by atoms with Gasteiger partial charge in [0.2, 0.25) is 5.91 Å². The number of amides is 1. The summed E-state index contributed by atoms with van der Waals surface area (Å²) in [6, 6.07) is 12.2. The Morgan fingerprint density at radius 1 is 1.11 bits per heavy atom. The quantitative estimate of drug-likeness (QED) is 0.180. The number of rotatable bonds is 9. The number of hydrogen-bond acceptors (Lipinski definition) is 6. The fourth-order valence-electron chi connectivity index (χ4n) is 3.35. The summed E-state index contributed by atoms with van der Waals surface area (Å²) in [4.78, 5) is 35.4. The van der Waals surface area contributed by atoms with Crippen LogP contribution in [-0.4, -0.2) is 36.5 Å². The van der Waals surface area contributed by atoms with Crippen LogP contribution in [0.2, 0.25) is 0 Å². The molecule has 0 spiro atoms. The Morgan fingerprint density at radius 3 is 2.46 bits per heavy atom. The molecule has 0 radical (unpaired) electrons. The smallest absolute Gasteiger partial charge is 0.416 e. The number of hydrogen-bond donors (Lipinski definition) is 2. The van der Waals surface area contributed by atoms with Gasteiger partial charge in [-0.05, 0) is 48.7 Å². The monoisotopic (exact) mass is 487 g/mol. The molecule has 2 aromatic carbocycles. The first-order chi connectivity index (χ1) is 16.6. The number of nitrogens with one attached hydrogen (secondary N) is 2. The second kappa shape index (κ2) is 11.5. The highest BCUT2D eigenvalue weighted by molar-refractivity contribution is 6.19. The molecule has 1 amide bonds. The van der Waals surface area contributed by atoms with Crippen molar-refractivity contribution in [3.8, 4) is 0 Å². The number of esters is 1. The zero-order valence-corrected chi connectivity index (χ0v) is 18.9. The minimum atomic E-state index is -4.62. The highest BCUT2D eigenvalue weighted by atomic mass is 19.4. The molecule has 0 saturated carbocycles. The lowest BCUT2D eigenvalue weighted by Crippen LogP contribution is -2.25. The lowest BCUT2D eigenvalue weighted by molar-refractivity contribution is -0.141. The topological polar surface area (TPSA) is 96.9 Å². The average Bonchev–Trinajstić information content (AvgIpc) is 2.82. The summed E-state index contributed by atoms with van der Waals surface area (Å²) >= 11 is 0. The molecule has 10 heteroatoms. The van der Waals surface area contributed by atoms with Crippen LogP contribution in [-0.2, 0) is 25.3 Å². The van der Waals surface area contributed by atoms with E-state index in [1.807, 2.05) is 24.3 Å². The van der Waals surface area contributed by atoms with Crippen molar-refractivity contribution < 1.29 is 32.3 Å². The number of ether oxygens (including phenoxy) is 1. The molecule has 0 atom stereocenters. The summed E-state index contributed by atoms with van der Waals surface area (Å²) in [7, 11) is 0. The lowest BCUT2D eigenvalue weighted by atomic mass is 10.0. The molecule has 1 aliphatic rings. The molecule has 0 fully saturated rings. The molecule has 1 heterocycles. The summed E-state index contributed by atoms with van der Waals surface area (Å²) in [5.74, 6) is -1.77. The Labute approximate surface area is 200 Å². The number of ketones is 1. The number of carbonyl (C=O) groups excluding carboxylic acids is 3. The van der Waals surface area contributed by atoms with Crippen molar-refractivity contribution in [3.05, 3.63) is 70.8 Å². The van der Waals surface area contributed by atoms with Gasteiger partial charge in [-0.25, -0.2) is 10.2 Å². The number of alkyl halides is 3. The van der Waals surface area contributed by atoms with Crippen LogP contribution >= 0.6 is 0 Å². The molecule has 0 saturated heterocycles. The number of benzene rings is 2. The van der Waals surface area contributed by atoms with Crippen LogP contribution in [0.15, 0.2) is 59.2 Å². The summed E-state index contributed by atoms with van der Waals surface area (Å²) in [6.07, 6.45) is -2.33. The zero-order valence-electron chi connectivity index (χ0n) is 18.9. The molecule has 0 aromatic heterocycles. The molecule has 1 aliphatic heterocycles. The Morgan fingerprint density at radius 2 is 1.83 bits per heavy atom.